The average molecular weight is 220 g/mol. The fraction of sp³-hybridized carbons (Fsp3) is 0.167. The molecule has 0 amide bonds. The molecule has 0 aliphatic carbocycles. The predicted molar refractivity (Wildman–Crippen MR) is 58.1 cm³/mol. The summed E-state index contributed by atoms with van der Waals surface area (Å²) in [6.07, 6.45) is 1.35. The molecule has 1 aromatic rings. The molecule has 0 heterocycles. The van der Waals surface area contributed by atoms with Gasteiger partial charge in [0.25, 0.3) is 0 Å². The highest BCUT2D eigenvalue weighted by atomic mass is 16.4. The van der Waals surface area contributed by atoms with Gasteiger partial charge in [0, 0.05) is 5.92 Å². The Balaban J connectivity index is 3.10. The van der Waals surface area contributed by atoms with Gasteiger partial charge >= 0.3 is 11.9 Å². The molecule has 0 saturated heterocycles. The number of aliphatic carboxylic acids is 2. The smallest absolute Gasteiger partial charge is 0.318 e. The number of carboxylic acid groups (broad SMARTS) is 2. The van der Waals surface area contributed by atoms with Crippen LogP contribution in [-0.2, 0) is 9.59 Å². The maximum atomic E-state index is 10.9. The van der Waals surface area contributed by atoms with E-state index in [4.69, 9.17) is 10.2 Å². The molecule has 0 spiro atoms. The van der Waals surface area contributed by atoms with E-state index in [9.17, 15) is 9.59 Å². The van der Waals surface area contributed by atoms with Crippen molar-refractivity contribution in [2.45, 2.75) is 5.92 Å². The first-order chi connectivity index (χ1) is 7.57. The summed E-state index contributed by atoms with van der Waals surface area (Å²) in [4.78, 5) is 21.8. The first-order valence-electron chi connectivity index (χ1n) is 4.71. The Bertz CT molecular complexity index is 383. The van der Waals surface area contributed by atoms with E-state index in [1.54, 1.807) is 30.3 Å². The van der Waals surface area contributed by atoms with Gasteiger partial charge in [-0.15, -0.1) is 6.58 Å². The van der Waals surface area contributed by atoms with Crippen LogP contribution in [-0.4, -0.2) is 22.2 Å². The minimum atomic E-state index is -1.50. The second-order valence-electron chi connectivity index (χ2n) is 3.33. The molecule has 4 nitrogen and oxygen atoms in total. The number of rotatable bonds is 5. The van der Waals surface area contributed by atoms with E-state index < -0.39 is 23.8 Å². The van der Waals surface area contributed by atoms with Crippen LogP contribution >= 0.6 is 0 Å². The van der Waals surface area contributed by atoms with Gasteiger partial charge in [0.05, 0.1) is 0 Å². The van der Waals surface area contributed by atoms with Gasteiger partial charge in [-0.25, -0.2) is 0 Å². The van der Waals surface area contributed by atoms with Gasteiger partial charge in [0.15, 0.2) is 5.92 Å². The third-order valence-electron chi connectivity index (χ3n) is 2.33. The van der Waals surface area contributed by atoms with E-state index in [1.807, 2.05) is 0 Å². The normalized spacial score (nSPS) is 12.1. The van der Waals surface area contributed by atoms with Crippen LogP contribution in [0.15, 0.2) is 43.0 Å². The summed E-state index contributed by atoms with van der Waals surface area (Å²) in [5.41, 5.74) is 0.632. The lowest BCUT2D eigenvalue weighted by atomic mass is 9.86. The topological polar surface area (TPSA) is 74.6 Å². The summed E-state index contributed by atoms with van der Waals surface area (Å²) in [5.74, 6) is -4.95. The van der Waals surface area contributed by atoms with Gasteiger partial charge in [0.2, 0.25) is 0 Å². The molecule has 1 atom stereocenters. The molecule has 0 aromatic heterocycles. The zero-order chi connectivity index (χ0) is 12.1. The molecular formula is C12H12O4. The molecule has 16 heavy (non-hydrogen) atoms. The molecule has 1 rings (SSSR count). The number of carbonyl (C=O) groups is 2. The van der Waals surface area contributed by atoms with Crippen LogP contribution in [0.5, 0.6) is 0 Å². The summed E-state index contributed by atoms with van der Waals surface area (Å²) in [6, 6.07) is 8.61. The molecule has 0 saturated carbocycles. The highest BCUT2D eigenvalue weighted by molar-refractivity contribution is 5.94. The lowest BCUT2D eigenvalue weighted by Crippen LogP contribution is -2.28. The van der Waals surface area contributed by atoms with Crippen molar-refractivity contribution in [3.8, 4) is 0 Å². The van der Waals surface area contributed by atoms with Crippen LogP contribution in [0, 0.1) is 5.92 Å². The number of benzene rings is 1. The average Bonchev–Trinajstić information content (AvgIpc) is 2.25. The van der Waals surface area contributed by atoms with Gasteiger partial charge in [-0.05, 0) is 5.56 Å². The predicted octanol–water partition coefficient (Wildman–Crippen LogP) is 1.74. The minimum Gasteiger partial charge on any atom is -0.481 e. The van der Waals surface area contributed by atoms with Crippen molar-refractivity contribution in [1.82, 2.24) is 0 Å². The van der Waals surface area contributed by atoms with Crippen molar-refractivity contribution in [2.24, 2.45) is 5.92 Å². The number of allylic oxidation sites excluding steroid dienone is 1. The van der Waals surface area contributed by atoms with Gasteiger partial charge in [-0.2, -0.15) is 0 Å². The van der Waals surface area contributed by atoms with Crippen molar-refractivity contribution >= 4 is 11.9 Å². The molecule has 0 aliphatic rings. The fourth-order valence-electron chi connectivity index (χ4n) is 1.55. The molecule has 0 aliphatic heterocycles. The second-order valence-corrected chi connectivity index (χ2v) is 3.33. The Kier molecular flexibility index (Phi) is 3.83. The number of hydrogen-bond acceptors (Lipinski definition) is 2. The summed E-state index contributed by atoms with van der Waals surface area (Å²) >= 11 is 0. The molecule has 2 N–H and O–H groups in total. The lowest BCUT2D eigenvalue weighted by Gasteiger charge is -2.17. The molecule has 0 bridgehead atoms. The van der Waals surface area contributed by atoms with Crippen molar-refractivity contribution in [3.05, 3.63) is 48.6 Å². The lowest BCUT2D eigenvalue weighted by molar-refractivity contribution is -0.155. The first kappa shape index (κ1) is 12.0. The zero-order valence-corrected chi connectivity index (χ0v) is 8.54. The van der Waals surface area contributed by atoms with E-state index in [0.717, 1.165) is 0 Å². The Morgan fingerprint density at radius 1 is 1.12 bits per heavy atom. The van der Waals surface area contributed by atoms with Crippen LogP contribution in [0.2, 0.25) is 0 Å². The first-order valence-corrected chi connectivity index (χ1v) is 4.71. The van der Waals surface area contributed by atoms with Crippen LogP contribution in [0.4, 0.5) is 0 Å². The summed E-state index contributed by atoms with van der Waals surface area (Å²) < 4.78 is 0. The fourth-order valence-corrected chi connectivity index (χ4v) is 1.55. The molecule has 0 fully saturated rings. The largest absolute Gasteiger partial charge is 0.481 e. The summed E-state index contributed by atoms with van der Waals surface area (Å²) in [6.45, 7) is 3.50. The third-order valence-corrected chi connectivity index (χ3v) is 2.33. The number of hydrogen-bond donors (Lipinski definition) is 2. The van der Waals surface area contributed by atoms with E-state index in [2.05, 4.69) is 6.58 Å². The summed E-state index contributed by atoms with van der Waals surface area (Å²) in [7, 11) is 0. The standard InChI is InChI=1S/C12H12O4/c1-2-9(8-6-4-3-5-7-8)10(11(13)14)12(15)16/h2-7,9-10H,1H2,(H,13,14)(H,15,16). The maximum Gasteiger partial charge on any atom is 0.318 e. The zero-order valence-electron chi connectivity index (χ0n) is 8.54. The molecule has 1 unspecified atom stereocenters. The number of carboxylic acids is 2. The van der Waals surface area contributed by atoms with E-state index in [0.29, 0.717) is 5.56 Å². The van der Waals surface area contributed by atoms with Gasteiger partial charge in [-0.1, -0.05) is 36.4 Å². The van der Waals surface area contributed by atoms with Crippen molar-refractivity contribution in [2.75, 3.05) is 0 Å². The van der Waals surface area contributed by atoms with Crippen LogP contribution in [0.1, 0.15) is 11.5 Å². The molecule has 1 aromatic carbocycles. The van der Waals surface area contributed by atoms with Gasteiger partial charge in [0.1, 0.15) is 0 Å². The summed E-state index contributed by atoms with van der Waals surface area (Å²) in [5, 5.41) is 17.8. The Labute approximate surface area is 92.8 Å². The minimum absolute atomic E-state index is 0.632. The van der Waals surface area contributed by atoms with E-state index >= 15 is 0 Å². The van der Waals surface area contributed by atoms with Gasteiger partial charge < -0.3 is 10.2 Å². The molecular weight excluding hydrogens is 208 g/mol. The molecule has 0 radical (unpaired) electrons. The van der Waals surface area contributed by atoms with Crippen molar-refractivity contribution < 1.29 is 19.8 Å². The Morgan fingerprint density at radius 3 is 2.00 bits per heavy atom. The second kappa shape index (κ2) is 5.11. The quantitative estimate of drug-likeness (QED) is 0.585. The van der Waals surface area contributed by atoms with Crippen LogP contribution in [0.25, 0.3) is 0 Å². The molecule has 84 valence electrons. The molecule has 4 heteroatoms. The van der Waals surface area contributed by atoms with E-state index in [1.165, 1.54) is 6.08 Å². The highest BCUT2D eigenvalue weighted by Crippen LogP contribution is 2.26. The highest BCUT2D eigenvalue weighted by Gasteiger charge is 2.33. The van der Waals surface area contributed by atoms with Crippen molar-refractivity contribution in [1.29, 1.82) is 0 Å². The monoisotopic (exact) mass is 220 g/mol. The Morgan fingerprint density at radius 2 is 1.62 bits per heavy atom. The van der Waals surface area contributed by atoms with Crippen LogP contribution in [0.3, 0.4) is 0 Å². The third kappa shape index (κ3) is 2.48. The Hall–Kier alpha value is -2.10. The maximum absolute atomic E-state index is 10.9. The van der Waals surface area contributed by atoms with E-state index in [-0.39, 0.29) is 0 Å². The van der Waals surface area contributed by atoms with Gasteiger partial charge in [-0.3, -0.25) is 9.59 Å². The SMILES string of the molecule is C=CC(c1ccccc1)C(C(=O)O)C(=O)O. The van der Waals surface area contributed by atoms with Crippen LogP contribution < -0.4 is 0 Å². The van der Waals surface area contributed by atoms with Crippen molar-refractivity contribution in [3.63, 3.8) is 0 Å².